The first kappa shape index (κ1) is 29.4. The van der Waals surface area contributed by atoms with Crippen molar-refractivity contribution in [3.05, 3.63) is 35.4 Å². The molecule has 0 bridgehead atoms. The van der Waals surface area contributed by atoms with Crippen LogP contribution in [0.4, 0.5) is 13.2 Å². The van der Waals surface area contributed by atoms with Crippen LogP contribution in [0, 0.1) is 17.8 Å². The Balaban J connectivity index is 1.53. The van der Waals surface area contributed by atoms with E-state index in [2.05, 4.69) is 21.9 Å². The van der Waals surface area contributed by atoms with E-state index in [1.54, 1.807) is 12.1 Å². The third-order valence-corrected chi connectivity index (χ3v) is 9.91. The van der Waals surface area contributed by atoms with Gasteiger partial charge in [-0.05, 0) is 0 Å². The summed E-state index contributed by atoms with van der Waals surface area (Å²) in [6.07, 6.45) is 15.6. The molecule has 207 valence electrons. The summed E-state index contributed by atoms with van der Waals surface area (Å²) in [6.45, 7) is 2.23. The third kappa shape index (κ3) is 8.95. The molecule has 0 radical (unpaired) electrons. The van der Waals surface area contributed by atoms with Crippen LogP contribution in [0.5, 0.6) is 0 Å². The molecule has 37 heavy (non-hydrogen) atoms. The maximum atomic E-state index is 13.3. The molecule has 1 aromatic carbocycles. The molecule has 6 heteroatoms. The van der Waals surface area contributed by atoms with E-state index in [1.807, 2.05) is 0 Å². The van der Waals surface area contributed by atoms with Crippen molar-refractivity contribution in [1.82, 2.24) is 4.90 Å². The average molecular weight is 557 g/mol. The number of hydrogen-bond donors (Lipinski definition) is 1. The van der Waals surface area contributed by atoms with Gasteiger partial charge in [-0.15, -0.1) is 0 Å². The molecule has 0 saturated heterocycles. The number of nitrogens with zero attached hydrogens (tertiary/aromatic N) is 1. The van der Waals surface area contributed by atoms with Gasteiger partial charge in [0.1, 0.15) is 0 Å². The second kappa shape index (κ2) is 14.1. The van der Waals surface area contributed by atoms with Gasteiger partial charge in [0.15, 0.2) is 0 Å². The van der Waals surface area contributed by atoms with Gasteiger partial charge in [0.2, 0.25) is 0 Å². The van der Waals surface area contributed by atoms with Crippen LogP contribution in [0.3, 0.4) is 0 Å². The second-order valence-electron chi connectivity index (χ2n) is 12.2. The zero-order chi connectivity index (χ0) is 26.3. The second-order valence-corrected chi connectivity index (χ2v) is 13.0. The maximum absolute atomic E-state index is 13.3. The van der Waals surface area contributed by atoms with Gasteiger partial charge >= 0.3 is 219 Å². The molecule has 1 N–H and O–H groups in total. The Morgan fingerprint density at radius 2 is 1.32 bits per heavy atom. The average Bonchev–Trinajstić information content (AvgIpc) is 2.89. The van der Waals surface area contributed by atoms with Gasteiger partial charge in [-0.25, -0.2) is 0 Å². The molecule has 1 aromatic rings. The fourth-order valence-corrected chi connectivity index (χ4v) is 7.89. The molecular formula is C31H46F3NOV. The number of halogens is 3. The van der Waals surface area contributed by atoms with Gasteiger partial charge in [-0.2, -0.15) is 0 Å². The number of aliphatic hydroxyl groups excluding tert-OH is 1. The zero-order valence-corrected chi connectivity index (χ0v) is 23.8. The van der Waals surface area contributed by atoms with E-state index < -0.39 is 11.7 Å². The zero-order valence-electron chi connectivity index (χ0n) is 22.4. The van der Waals surface area contributed by atoms with Crippen LogP contribution in [0.2, 0.25) is 0 Å². The Morgan fingerprint density at radius 3 is 1.81 bits per heavy atom. The van der Waals surface area contributed by atoms with Gasteiger partial charge < -0.3 is 0 Å². The van der Waals surface area contributed by atoms with Crippen LogP contribution in [0.1, 0.15) is 120 Å². The van der Waals surface area contributed by atoms with Crippen molar-refractivity contribution >= 4 is 4.41 Å². The summed E-state index contributed by atoms with van der Waals surface area (Å²) in [7, 11) is 0. The number of hydrogen-bond acceptors (Lipinski definition) is 2. The summed E-state index contributed by atoms with van der Waals surface area (Å²) in [5.74, 6) is 2.25. The van der Waals surface area contributed by atoms with Crippen molar-refractivity contribution in [2.24, 2.45) is 17.8 Å². The minimum atomic E-state index is -4.31. The number of aliphatic hydroxyl groups is 1. The molecule has 0 aliphatic heterocycles. The van der Waals surface area contributed by atoms with Crippen LogP contribution in [-0.4, -0.2) is 33.6 Å². The van der Waals surface area contributed by atoms with Crippen LogP contribution in [0.15, 0.2) is 24.3 Å². The van der Waals surface area contributed by atoms with Crippen molar-refractivity contribution in [2.45, 2.75) is 121 Å². The van der Waals surface area contributed by atoms with Crippen LogP contribution in [-0.2, 0) is 23.2 Å². The first-order valence-corrected chi connectivity index (χ1v) is 15.6. The monoisotopic (exact) mass is 556 g/mol. The summed E-state index contributed by atoms with van der Waals surface area (Å²) in [5, 5.41) is 9.97. The van der Waals surface area contributed by atoms with E-state index in [9.17, 15) is 18.3 Å². The Labute approximate surface area is 231 Å². The molecule has 2 nitrogen and oxygen atoms in total. The normalized spacial score (nSPS) is 26.4. The van der Waals surface area contributed by atoms with Gasteiger partial charge in [0, 0.05) is 0 Å². The van der Waals surface area contributed by atoms with Gasteiger partial charge in [0.25, 0.3) is 0 Å². The fraction of sp³-hybridized carbons (Fsp3) is 0.774. The molecule has 3 fully saturated rings. The molecule has 3 aliphatic rings. The van der Waals surface area contributed by atoms with Crippen molar-refractivity contribution < 1.29 is 35.3 Å². The topological polar surface area (TPSA) is 23.5 Å². The molecule has 3 atom stereocenters. The van der Waals surface area contributed by atoms with Crippen molar-refractivity contribution in [1.29, 1.82) is 0 Å². The summed E-state index contributed by atoms with van der Waals surface area (Å²) >= 11 is 2.26. The van der Waals surface area contributed by atoms with Gasteiger partial charge in [-0.3, -0.25) is 0 Å². The van der Waals surface area contributed by atoms with E-state index >= 15 is 0 Å². The molecular weight excluding hydrogens is 510 g/mol. The van der Waals surface area contributed by atoms with Crippen LogP contribution >= 0.6 is 0 Å². The third-order valence-electron chi connectivity index (χ3n) is 9.63. The van der Waals surface area contributed by atoms with Crippen molar-refractivity contribution in [2.75, 3.05) is 13.1 Å². The van der Waals surface area contributed by atoms with E-state index in [1.165, 1.54) is 89.2 Å². The van der Waals surface area contributed by atoms with Crippen LogP contribution in [0.25, 0.3) is 0 Å². The Kier molecular flexibility index (Phi) is 11.2. The minimum absolute atomic E-state index is 0.214. The summed E-state index contributed by atoms with van der Waals surface area (Å²) in [4.78, 5) is 2.76. The molecule has 3 aliphatic carbocycles. The van der Waals surface area contributed by atoms with Crippen molar-refractivity contribution in [3.8, 4) is 0 Å². The van der Waals surface area contributed by atoms with Gasteiger partial charge in [-0.1, -0.05) is 12.8 Å². The Morgan fingerprint density at radius 1 is 0.784 bits per heavy atom. The predicted octanol–water partition coefficient (Wildman–Crippen LogP) is 8.64. The predicted molar refractivity (Wildman–Crippen MR) is 141 cm³/mol. The fourth-order valence-electron chi connectivity index (χ4n) is 7.49. The Hall–Kier alpha value is -0.616. The molecule has 0 spiro atoms. The van der Waals surface area contributed by atoms with E-state index in [0.717, 1.165) is 49.8 Å². The molecule has 0 aromatic heterocycles. The SMILES string of the molecule is O[C](=[V])CC1CC[C@@H](N(CCC2CCCCC2)CCC2CCCCC2)C(c2ccc(C(F)(F)F)cc2)C1. The summed E-state index contributed by atoms with van der Waals surface area (Å²) in [6, 6.07) is 6.37. The van der Waals surface area contributed by atoms with Crippen molar-refractivity contribution in [3.63, 3.8) is 0 Å². The van der Waals surface area contributed by atoms with E-state index in [-0.39, 0.29) is 5.92 Å². The number of alkyl halides is 3. The van der Waals surface area contributed by atoms with E-state index in [4.69, 9.17) is 0 Å². The summed E-state index contributed by atoms with van der Waals surface area (Å²) < 4.78 is 40.3. The number of rotatable bonds is 10. The molecule has 4 rings (SSSR count). The summed E-state index contributed by atoms with van der Waals surface area (Å²) in [5.41, 5.74) is 0.469. The first-order valence-electron chi connectivity index (χ1n) is 14.9. The first-order chi connectivity index (χ1) is 17.8. The van der Waals surface area contributed by atoms with Gasteiger partial charge in [0.05, 0.1) is 0 Å². The molecule has 0 heterocycles. The Bertz CT molecular complexity index is 808. The van der Waals surface area contributed by atoms with E-state index in [0.29, 0.717) is 22.8 Å². The van der Waals surface area contributed by atoms with Crippen LogP contribution < -0.4 is 0 Å². The standard InChI is InChI=1S/C31H46F3NO.V/c32-31(33,34)28-14-12-27(13-15-28)29-23-26(19-22-36)11-16-30(29)35(20-17-24-7-3-1-4-8-24)21-18-25-9-5-2-6-10-25;/h12-15,24-26,29-30,36H,1-11,16-21,23H2;/t26?,29?,30-;/m1./s1. The molecule has 3 saturated carbocycles. The molecule has 2 unspecified atom stereocenters. The number of benzene rings is 1. The molecule has 0 amide bonds. The quantitative estimate of drug-likeness (QED) is 0.312.